The lowest BCUT2D eigenvalue weighted by Gasteiger charge is -2.20. The molecule has 0 spiro atoms. The number of alkyl carbamates (subject to hydrolysis) is 1. The van der Waals surface area contributed by atoms with Crippen LogP contribution >= 0.6 is 0 Å². The third kappa shape index (κ3) is 7.61. The largest absolute Gasteiger partial charge is 0.444 e. The van der Waals surface area contributed by atoms with Crippen molar-refractivity contribution in [1.29, 1.82) is 5.26 Å². The second kappa shape index (κ2) is 10.3. The molecule has 1 aliphatic heterocycles. The van der Waals surface area contributed by atoms with E-state index in [1.807, 2.05) is 0 Å². The molecule has 152 valence electrons. The van der Waals surface area contributed by atoms with Crippen LogP contribution in [0.4, 0.5) is 16.2 Å². The topological polar surface area (TPSA) is 138 Å². The zero-order valence-corrected chi connectivity index (χ0v) is 16.7. The van der Waals surface area contributed by atoms with E-state index in [-0.39, 0.29) is 0 Å². The number of carbonyl (C=O) groups excluding carboxylic acids is 2. The first-order valence-electron chi connectivity index (χ1n) is 8.98. The molecule has 1 aliphatic rings. The number of rotatable bonds is 4. The maximum atomic E-state index is 11.0. The lowest BCUT2D eigenvalue weighted by Crippen LogP contribution is -2.44. The second-order valence-corrected chi connectivity index (χ2v) is 7.37. The van der Waals surface area contributed by atoms with E-state index in [9.17, 15) is 14.5 Å². The van der Waals surface area contributed by atoms with E-state index in [0.29, 0.717) is 11.3 Å². The first-order chi connectivity index (χ1) is 13.1. The van der Waals surface area contributed by atoms with Crippen LogP contribution in [0, 0.1) is 16.2 Å². The van der Waals surface area contributed by atoms with Gasteiger partial charge in [-0.25, -0.2) is 4.79 Å². The molecule has 9 nitrogen and oxygen atoms in total. The standard InChI is InChI=1S/C11H11N3O.C8H16N2O3/c12-8-9-7-10(13-15)3-4-11(9)14-5-1-2-6-14;1-5(6(9)11)10-7(12)13-8(2,3)4/h3-4,7H,1-2,5-6H2;5H,1-4H3,(H2,9,11)(H,10,12). The van der Waals surface area contributed by atoms with Crippen molar-refractivity contribution in [2.24, 2.45) is 10.9 Å². The summed E-state index contributed by atoms with van der Waals surface area (Å²) in [6.07, 6.45) is 1.69. The minimum Gasteiger partial charge on any atom is -0.444 e. The van der Waals surface area contributed by atoms with Gasteiger partial charge in [-0.1, -0.05) is 0 Å². The summed E-state index contributed by atoms with van der Waals surface area (Å²) < 4.78 is 4.90. The molecule has 1 fully saturated rings. The molecule has 0 aliphatic carbocycles. The summed E-state index contributed by atoms with van der Waals surface area (Å²) in [4.78, 5) is 34.1. The normalized spacial score (nSPS) is 14.2. The summed E-state index contributed by atoms with van der Waals surface area (Å²) in [7, 11) is 0. The molecule has 0 saturated carbocycles. The van der Waals surface area contributed by atoms with Crippen molar-refractivity contribution in [3.8, 4) is 6.07 Å². The van der Waals surface area contributed by atoms with E-state index in [0.717, 1.165) is 18.8 Å². The Hall–Kier alpha value is -3.15. The van der Waals surface area contributed by atoms with Gasteiger partial charge < -0.3 is 20.7 Å². The number of hydrogen-bond donors (Lipinski definition) is 2. The van der Waals surface area contributed by atoms with Crippen molar-refractivity contribution in [2.75, 3.05) is 18.0 Å². The molecule has 3 N–H and O–H groups in total. The predicted octanol–water partition coefficient (Wildman–Crippen LogP) is 2.94. The molecule has 1 saturated heterocycles. The number of nitriles is 1. The smallest absolute Gasteiger partial charge is 0.408 e. The molecular weight excluding hydrogens is 362 g/mol. The lowest BCUT2D eigenvalue weighted by atomic mass is 10.1. The highest BCUT2D eigenvalue weighted by atomic mass is 16.6. The molecule has 1 atom stereocenters. The number of nitrogens with zero attached hydrogens (tertiary/aromatic N) is 3. The minimum atomic E-state index is -0.713. The van der Waals surface area contributed by atoms with Crippen molar-refractivity contribution >= 4 is 23.4 Å². The van der Waals surface area contributed by atoms with Crippen LogP contribution in [0.15, 0.2) is 23.4 Å². The van der Waals surface area contributed by atoms with Crippen LogP contribution in [0.25, 0.3) is 0 Å². The van der Waals surface area contributed by atoms with E-state index in [1.54, 1.807) is 39.0 Å². The van der Waals surface area contributed by atoms with Gasteiger partial charge in [-0.2, -0.15) is 5.26 Å². The van der Waals surface area contributed by atoms with E-state index >= 15 is 0 Å². The SMILES string of the molecule is CC(NC(=O)OC(C)(C)C)C(N)=O.N#Cc1cc(N=O)ccc1N1CCCC1. The summed E-state index contributed by atoms with van der Waals surface area (Å²) in [6.45, 7) is 8.68. The van der Waals surface area contributed by atoms with Crippen molar-refractivity contribution < 1.29 is 14.3 Å². The molecular formula is C19H27N5O4. The quantitative estimate of drug-likeness (QED) is 0.759. The Morgan fingerprint density at radius 2 is 1.93 bits per heavy atom. The molecule has 2 rings (SSSR count). The fourth-order valence-corrected chi connectivity index (χ4v) is 2.46. The van der Waals surface area contributed by atoms with Gasteiger partial charge in [-0.05, 0) is 63.9 Å². The summed E-state index contributed by atoms with van der Waals surface area (Å²) >= 11 is 0. The van der Waals surface area contributed by atoms with Gasteiger partial charge in [-0.15, -0.1) is 4.91 Å². The van der Waals surface area contributed by atoms with E-state index < -0.39 is 23.6 Å². The molecule has 1 aromatic rings. The van der Waals surface area contributed by atoms with Crippen molar-refractivity contribution in [3.63, 3.8) is 0 Å². The van der Waals surface area contributed by atoms with Gasteiger partial charge in [-0.3, -0.25) is 4.79 Å². The average molecular weight is 389 g/mol. The highest BCUT2D eigenvalue weighted by Crippen LogP contribution is 2.27. The fourth-order valence-electron chi connectivity index (χ4n) is 2.46. The molecule has 1 aromatic carbocycles. The van der Waals surface area contributed by atoms with Gasteiger partial charge in [0.2, 0.25) is 5.91 Å². The van der Waals surface area contributed by atoms with Crippen molar-refractivity contribution in [2.45, 2.75) is 52.2 Å². The van der Waals surface area contributed by atoms with Gasteiger partial charge >= 0.3 is 6.09 Å². The Bertz CT molecular complexity index is 746. The number of carbonyl (C=O) groups is 2. The number of anilines is 1. The average Bonchev–Trinajstić information content (AvgIpc) is 3.14. The van der Waals surface area contributed by atoms with E-state index in [2.05, 4.69) is 21.5 Å². The van der Waals surface area contributed by atoms with Gasteiger partial charge in [0.1, 0.15) is 23.4 Å². The number of nitroso groups, excluding NO2 is 1. The number of amides is 2. The van der Waals surface area contributed by atoms with Crippen LogP contribution in [0.2, 0.25) is 0 Å². The molecule has 9 heteroatoms. The lowest BCUT2D eigenvalue weighted by molar-refractivity contribution is -0.119. The summed E-state index contributed by atoms with van der Waals surface area (Å²) in [5.74, 6) is -0.592. The minimum absolute atomic E-state index is 0.314. The summed E-state index contributed by atoms with van der Waals surface area (Å²) in [5.41, 5.74) is 6.14. The molecule has 0 bridgehead atoms. The zero-order chi connectivity index (χ0) is 21.3. The van der Waals surface area contributed by atoms with Gasteiger partial charge in [0, 0.05) is 13.1 Å². The number of nitrogens with one attached hydrogen (secondary N) is 1. The van der Waals surface area contributed by atoms with Gasteiger partial charge in [0.15, 0.2) is 0 Å². The Morgan fingerprint density at radius 3 is 2.39 bits per heavy atom. The van der Waals surface area contributed by atoms with E-state index in [4.69, 9.17) is 15.7 Å². The van der Waals surface area contributed by atoms with Crippen molar-refractivity contribution in [1.82, 2.24) is 5.32 Å². The monoisotopic (exact) mass is 389 g/mol. The predicted molar refractivity (Wildman–Crippen MR) is 106 cm³/mol. The van der Waals surface area contributed by atoms with Crippen molar-refractivity contribution in [3.05, 3.63) is 28.7 Å². The van der Waals surface area contributed by atoms with Crippen LogP contribution in [0.3, 0.4) is 0 Å². The van der Waals surface area contributed by atoms with Crippen LogP contribution in [0.5, 0.6) is 0 Å². The molecule has 2 amide bonds. The molecule has 1 unspecified atom stereocenters. The number of benzene rings is 1. The zero-order valence-electron chi connectivity index (χ0n) is 16.7. The maximum absolute atomic E-state index is 11.0. The molecule has 1 heterocycles. The molecule has 0 aromatic heterocycles. The highest BCUT2D eigenvalue weighted by molar-refractivity contribution is 5.83. The number of nitrogens with two attached hydrogens (primary N) is 1. The Morgan fingerprint density at radius 1 is 1.32 bits per heavy atom. The first-order valence-corrected chi connectivity index (χ1v) is 8.98. The number of primary amides is 1. The first kappa shape index (κ1) is 22.9. The number of ether oxygens (including phenoxy) is 1. The molecule has 0 radical (unpaired) electrons. The van der Waals surface area contributed by atoms with E-state index in [1.165, 1.54) is 19.8 Å². The van der Waals surface area contributed by atoms with Crippen LogP contribution in [0.1, 0.15) is 46.1 Å². The highest BCUT2D eigenvalue weighted by Gasteiger charge is 2.19. The second-order valence-electron chi connectivity index (χ2n) is 7.37. The van der Waals surface area contributed by atoms with Crippen LogP contribution in [-0.4, -0.2) is 36.7 Å². The van der Waals surface area contributed by atoms with Gasteiger partial charge in [0.05, 0.1) is 11.3 Å². The third-order valence-corrected chi connectivity index (χ3v) is 3.81. The third-order valence-electron chi connectivity index (χ3n) is 3.81. The summed E-state index contributed by atoms with van der Waals surface area (Å²) in [5, 5.41) is 14.1. The number of hydrogen-bond acceptors (Lipinski definition) is 7. The summed E-state index contributed by atoms with van der Waals surface area (Å²) in [6, 6.07) is 6.40. The maximum Gasteiger partial charge on any atom is 0.408 e. The van der Waals surface area contributed by atoms with Crippen LogP contribution < -0.4 is 16.0 Å². The Kier molecular flexibility index (Phi) is 8.38. The fraction of sp³-hybridized carbons (Fsp3) is 0.526. The van der Waals surface area contributed by atoms with Gasteiger partial charge in [0.25, 0.3) is 0 Å². The Labute approximate surface area is 164 Å². The van der Waals surface area contributed by atoms with Crippen LogP contribution in [-0.2, 0) is 9.53 Å². The molecule has 28 heavy (non-hydrogen) atoms. The Balaban J connectivity index is 0.000000284.